The number of anilines is 1. The van der Waals surface area contributed by atoms with E-state index in [1.165, 1.54) is 11.1 Å². The first-order valence-electron chi connectivity index (χ1n) is 8.52. The van der Waals surface area contributed by atoms with Crippen molar-refractivity contribution in [3.05, 3.63) is 65.5 Å². The molecule has 3 aromatic rings. The molecule has 0 radical (unpaired) electrons. The van der Waals surface area contributed by atoms with E-state index in [1.54, 1.807) is 6.33 Å². The van der Waals surface area contributed by atoms with Gasteiger partial charge in [0.25, 0.3) is 5.91 Å². The summed E-state index contributed by atoms with van der Waals surface area (Å²) in [4.78, 5) is 16.9. The topological polar surface area (TPSA) is 59.8 Å². The Morgan fingerprint density at radius 2 is 1.88 bits per heavy atom. The Balaban J connectivity index is 1.81. The van der Waals surface area contributed by atoms with Crippen LogP contribution in [0.3, 0.4) is 0 Å². The first-order valence-corrected chi connectivity index (χ1v) is 8.52. The number of nitrogens with zero attached hydrogens (tertiary/aromatic N) is 3. The zero-order valence-corrected chi connectivity index (χ0v) is 14.8. The van der Waals surface area contributed by atoms with Gasteiger partial charge in [-0.2, -0.15) is 5.10 Å². The molecule has 0 aliphatic rings. The van der Waals surface area contributed by atoms with Crippen molar-refractivity contribution in [3.8, 4) is 11.4 Å². The van der Waals surface area contributed by atoms with Crippen molar-refractivity contribution in [1.29, 1.82) is 0 Å². The molecule has 1 amide bonds. The lowest BCUT2D eigenvalue weighted by Crippen LogP contribution is -2.13. The number of amides is 1. The number of hydrogen-bond acceptors (Lipinski definition) is 3. The summed E-state index contributed by atoms with van der Waals surface area (Å²) in [7, 11) is 0. The highest BCUT2D eigenvalue weighted by atomic mass is 16.1. The fourth-order valence-corrected chi connectivity index (χ4v) is 2.97. The van der Waals surface area contributed by atoms with Crippen LogP contribution >= 0.6 is 0 Å². The van der Waals surface area contributed by atoms with Crippen molar-refractivity contribution in [2.24, 2.45) is 0 Å². The summed E-state index contributed by atoms with van der Waals surface area (Å²) in [6, 6.07) is 13.4. The van der Waals surface area contributed by atoms with Gasteiger partial charge >= 0.3 is 0 Å². The second-order valence-corrected chi connectivity index (χ2v) is 5.89. The monoisotopic (exact) mass is 334 g/mol. The van der Waals surface area contributed by atoms with Gasteiger partial charge in [-0.15, -0.1) is 0 Å². The van der Waals surface area contributed by atoms with E-state index >= 15 is 0 Å². The molecule has 1 aromatic heterocycles. The van der Waals surface area contributed by atoms with E-state index in [4.69, 9.17) is 0 Å². The largest absolute Gasteiger partial charge is 0.322 e. The zero-order valence-electron chi connectivity index (χ0n) is 14.8. The molecule has 3 rings (SSSR count). The standard InChI is InChI=1S/C20H22N4O/c1-4-17-14(3)7-6-8-18(17)23-20(25)16-11-9-15(10-12-16)19-21-13-22-24(19)5-2/h6-13H,4-5H2,1-3H3,(H,23,25). The van der Waals surface area contributed by atoms with Gasteiger partial charge in [0.05, 0.1) is 0 Å². The minimum atomic E-state index is -0.108. The van der Waals surface area contributed by atoms with Crippen LogP contribution in [0.4, 0.5) is 5.69 Å². The SMILES string of the molecule is CCc1c(C)cccc1NC(=O)c1ccc(-c2ncnn2CC)cc1. The number of aromatic nitrogens is 3. The molecule has 1 N–H and O–H groups in total. The van der Waals surface area contributed by atoms with Gasteiger partial charge in [-0.1, -0.05) is 31.2 Å². The average Bonchev–Trinajstić information content (AvgIpc) is 3.11. The molecule has 0 spiro atoms. The number of rotatable bonds is 5. The van der Waals surface area contributed by atoms with Gasteiger partial charge in [0.1, 0.15) is 6.33 Å². The van der Waals surface area contributed by atoms with Crippen LogP contribution < -0.4 is 5.32 Å². The van der Waals surface area contributed by atoms with Crippen molar-refractivity contribution in [3.63, 3.8) is 0 Å². The van der Waals surface area contributed by atoms with E-state index in [0.29, 0.717) is 5.56 Å². The van der Waals surface area contributed by atoms with Crippen molar-refractivity contribution in [2.75, 3.05) is 5.32 Å². The fourth-order valence-electron chi connectivity index (χ4n) is 2.97. The Morgan fingerprint density at radius 1 is 1.12 bits per heavy atom. The third-order valence-electron chi connectivity index (χ3n) is 4.33. The normalized spacial score (nSPS) is 10.7. The summed E-state index contributed by atoms with van der Waals surface area (Å²) >= 11 is 0. The van der Waals surface area contributed by atoms with Crippen molar-refractivity contribution in [1.82, 2.24) is 14.8 Å². The molecule has 0 saturated heterocycles. The lowest BCUT2D eigenvalue weighted by atomic mass is 10.0. The number of aryl methyl sites for hydroxylation is 2. The molecule has 0 atom stereocenters. The summed E-state index contributed by atoms with van der Waals surface area (Å²) in [5.74, 6) is 0.699. The van der Waals surface area contributed by atoms with Gasteiger partial charge in [0.15, 0.2) is 5.82 Å². The van der Waals surface area contributed by atoms with Crippen LogP contribution in [-0.4, -0.2) is 20.7 Å². The molecule has 0 aliphatic heterocycles. The maximum atomic E-state index is 12.6. The molecular weight excluding hydrogens is 312 g/mol. The van der Waals surface area contributed by atoms with Crippen molar-refractivity contribution in [2.45, 2.75) is 33.7 Å². The van der Waals surface area contributed by atoms with E-state index in [-0.39, 0.29) is 5.91 Å². The molecule has 1 heterocycles. The second-order valence-electron chi connectivity index (χ2n) is 5.89. The van der Waals surface area contributed by atoms with Gasteiger partial charge in [-0.05, 0) is 49.6 Å². The lowest BCUT2D eigenvalue weighted by molar-refractivity contribution is 0.102. The Morgan fingerprint density at radius 3 is 2.56 bits per heavy atom. The summed E-state index contributed by atoms with van der Waals surface area (Å²) in [6.45, 7) is 6.93. The molecule has 0 unspecified atom stereocenters. The summed E-state index contributed by atoms with van der Waals surface area (Å²) in [6.07, 6.45) is 2.43. The molecule has 5 heteroatoms. The first kappa shape index (κ1) is 16.9. The molecule has 0 fully saturated rings. The highest BCUT2D eigenvalue weighted by Gasteiger charge is 2.11. The number of hydrogen-bond donors (Lipinski definition) is 1. The van der Waals surface area contributed by atoms with E-state index in [9.17, 15) is 4.79 Å². The van der Waals surface area contributed by atoms with E-state index in [2.05, 4.69) is 35.3 Å². The average molecular weight is 334 g/mol. The Kier molecular flexibility index (Phi) is 4.93. The number of carbonyl (C=O) groups is 1. The molecule has 5 nitrogen and oxygen atoms in total. The molecular formula is C20H22N4O. The van der Waals surface area contributed by atoms with Gasteiger partial charge < -0.3 is 5.32 Å². The van der Waals surface area contributed by atoms with Crippen LogP contribution in [-0.2, 0) is 13.0 Å². The van der Waals surface area contributed by atoms with Crippen LogP contribution in [0, 0.1) is 6.92 Å². The van der Waals surface area contributed by atoms with Crippen LogP contribution in [0.5, 0.6) is 0 Å². The molecule has 0 saturated carbocycles. The van der Waals surface area contributed by atoms with Crippen LogP contribution in [0.25, 0.3) is 11.4 Å². The number of nitrogens with one attached hydrogen (secondary N) is 1. The predicted molar refractivity (Wildman–Crippen MR) is 99.6 cm³/mol. The quantitative estimate of drug-likeness (QED) is 0.764. The van der Waals surface area contributed by atoms with Gasteiger partial charge in [0.2, 0.25) is 0 Å². The summed E-state index contributed by atoms with van der Waals surface area (Å²) < 4.78 is 1.83. The maximum Gasteiger partial charge on any atom is 0.255 e. The summed E-state index contributed by atoms with van der Waals surface area (Å²) in [5.41, 5.74) is 4.80. The Labute approximate surface area is 147 Å². The maximum absolute atomic E-state index is 12.6. The Bertz CT molecular complexity index is 881. The molecule has 2 aromatic carbocycles. The predicted octanol–water partition coefficient (Wildman–Crippen LogP) is 4.09. The molecule has 0 aliphatic carbocycles. The fraction of sp³-hybridized carbons (Fsp3) is 0.250. The lowest BCUT2D eigenvalue weighted by Gasteiger charge is -2.12. The van der Waals surface area contributed by atoms with Gasteiger partial charge in [0, 0.05) is 23.4 Å². The van der Waals surface area contributed by atoms with Crippen LogP contribution in [0.2, 0.25) is 0 Å². The minimum Gasteiger partial charge on any atom is -0.322 e. The highest BCUT2D eigenvalue weighted by molar-refractivity contribution is 6.04. The molecule has 0 bridgehead atoms. The smallest absolute Gasteiger partial charge is 0.255 e. The van der Waals surface area contributed by atoms with Gasteiger partial charge in [-0.3, -0.25) is 4.79 Å². The number of carbonyl (C=O) groups excluding carboxylic acids is 1. The van der Waals surface area contributed by atoms with Crippen molar-refractivity contribution < 1.29 is 4.79 Å². The zero-order chi connectivity index (χ0) is 17.8. The van der Waals surface area contributed by atoms with E-state index in [0.717, 1.165) is 30.0 Å². The third-order valence-corrected chi connectivity index (χ3v) is 4.33. The minimum absolute atomic E-state index is 0.108. The van der Waals surface area contributed by atoms with Crippen LogP contribution in [0.1, 0.15) is 35.3 Å². The third kappa shape index (κ3) is 3.45. The van der Waals surface area contributed by atoms with E-state index in [1.807, 2.05) is 48.0 Å². The summed E-state index contributed by atoms with van der Waals surface area (Å²) in [5, 5.41) is 7.20. The van der Waals surface area contributed by atoms with E-state index < -0.39 is 0 Å². The number of benzene rings is 2. The second kappa shape index (κ2) is 7.30. The van der Waals surface area contributed by atoms with Gasteiger partial charge in [-0.25, -0.2) is 9.67 Å². The Hall–Kier alpha value is -2.95. The molecule has 25 heavy (non-hydrogen) atoms. The van der Waals surface area contributed by atoms with Crippen molar-refractivity contribution >= 4 is 11.6 Å². The first-order chi connectivity index (χ1) is 12.1. The van der Waals surface area contributed by atoms with Crippen LogP contribution in [0.15, 0.2) is 48.8 Å². The highest BCUT2D eigenvalue weighted by Crippen LogP contribution is 2.22. The molecule has 128 valence electrons.